The molecule has 3 aromatic rings. The number of para-hydroxylation sites is 3. The van der Waals surface area contributed by atoms with Gasteiger partial charge in [-0.1, -0.05) is 37.3 Å². The fourth-order valence-electron chi connectivity index (χ4n) is 2.31. The minimum Gasteiger partial charge on any atom is -0.407 e. The summed E-state index contributed by atoms with van der Waals surface area (Å²) in [6, 6.07) is 16.5. The van der Waals surface area contributed by atoms with Crippen molar-refractivity contribution in [3.05, 3.63) is 65.1 Å². The van der Waals surface area contributed by atoms with Gasteiger partial charge >= 0.3 is 5.76 Å². The minimum absolute atomic E-state index is 0.279. The van der Waals surface area contributed by atoms with E-state index in [1.54, 1.807) is 31.2 Å². The number of aromatic nitrogens is 1. The maximum absolute atomic E-state index is 12.5. The first kappa shape index (κ1) is 14.1. The third-order valence-electron chi connectivity index (χ3n) is 3.51. The standard InChI is InChI=1S/C17H16N2O3/c1-12(11-18-13-7-3-2-4-8-13)16(20)19-14-9-5-6-10-15(14)22-17(19)21/h2-10,12,18H,11H2,1H3. The van der Waals surface area contributed by atoms with Crippen molar-refractivity contribution in [2.24, 2.45) is 5.92 Å². The average molecular weight is 296 g/mol. The van der Waals surface area contributed by atoms with E-state index in [0.717, 1.165) is 10.3 Å². The molecule has 0 aliphatic heterocycles. The highest BCUT2D eigenvalue weighted by Crippen LogP contribution is 2.14. The van der Waals surface area contributed by atoms with Gasteiger partial charge in [-0.3, -0.25) is 4.79 Å². The summed E-state index contributed by atoms with van der Waals surface area (Å²) in [4.78, 5) is 24.4. The Kier molecular flexibility index (Phi) is 3.78. The summed E-state index contributed by atoms with van der Waals surface area (Å²) in [7, 11) is 0. The number of carbonyl (C=O) groups excluding carboxylic acids is 1. The van der Waals surface area contributed by atoms with E-state index in [1.165, 1.54) is 0 Å². The summed E-state index contributed by atoms with van der Waals surface area (Å²) in [6.07, 6.45) is 0. The predicted octanol–water partition coefficient (Wildman–Crippen LogP) is 2.98. The van der Waals surface area contributed by atoms with Gasteiger partial charge in [0.2, 0.25) is 5.91 Å². The van der Waals surface area contributed by atoms with Crippen molar-refractivity contribution in [3.63, 3.8) is 0 Å². The molecule has 0 fully saturated rings. The van der Waals surface area contributed by atoms with E-state index in [0.29, 0.717) is 17.6 Å². The fourth-order valence-corrected chi connectivity index (χ4v) is 2.31. The van der Waals surface area contributed by atoms with Crippen LogP contribution in [0.4, 0.5) is 5.69 Å². The first-order valence-electron chi connectivity index (χ1n) is 7.10. The molecule has 3 rings (SSSR count). The highest BCUT2D eigenvalue weighted by molar-refractivity contribution is 5.90. The second kappa shape index (κ2) is 5.89. The summed E-state index contributed by atoms with van der Waals surface area (Å²) in [5.74, 6) is -1.28. The van der Waals surface area contributed by atoms with Gasteiger partial charge in [0.05, 0.1) is 11.4 Å². The molecule has 5 nitrogen and oxygen atoms in total. The van der Waals surface area contributed by atoms with Crippen LogP contribution in [0.25, 0.3) is 11.1 Å². The van der Waals surface area contributed by atoms with E-state index < -0.39 is 5.76 Å². The van der Waals surface area contributed by atoms with Gasteiger partial charge in [0.1, 0.15) is 0 Å². The second-order valence-corrected chi connectivity index (χ2v) is 5.16. The van der Waals surface area contributed by atoms with Gasteiger partial charge in [-0.2, -0.15) is 0 Å². The monoisotopic (exact) mass is 296 g/mol. The van der Waals surface area contributed by atoms with E-state index >= 15 is 0 Å². The Morgan fingerprint density at radius 1 is 1.14 bits per heavy atom. The molecule has 1 atom stereocenters. The summed E-state index contributed by atoms with van der Waals surface area (Å²) in [5.41, 5.74) is 1.86. The van der Waals surface area contributed by atoms with Crippen LogP contribution in [0.1, 0.15) is 11.7 Å². The SMILES string of the molecule is CC(CNc1ccccc1)C(=O)n1c(=O)oc2ccccc21. The topological polar surface area (TPSA) is 64.2 Å². The van der Waals surface area contributed by atoms with Crippen LogP contribution in [-0.4, -0.2) is 17.0 Å². The molecule has 112 valence electrons. The third kappa shape index (κ3) is 2.65. The minimum atomic E-state index is -0.641. The summed E-state index contributed by atoms with van der Waals surface area (Å²) in [5, 5.41) is 3.19. The molecule has 5 heteroatoms. The number of nitrogens with zero attached hydrogens (tertiary/aromatic N) is 1. The molecule has 0 radical (unpaired) electrons. The van der Waals surface area contributed by atoms with Crippen LogP contribution in [0.15, 0.2) is 63.8 Å². The van der Waals surface area contributed by atoms with Crippen molar-refractivity contribution in [3.8, 4) is 0 Å². The maximum Gasteiger partial charge on any atom is 0.426 e. The molecular formula is C17H16N2O3. The van der Waals surface area contributed by atoms with Crippen molar-refractivity contribution >= 4 is 22.7 Å². The number of benzene rings is 2. The zero-order chi connectivity index (χ0) is 15.5. The van der Waals surface area contributed by atoms with E-state index in [9.17, 15) is 9.59 Å². The Balaban J connectivity index is 1.80. The lowest BCUT2D eigenvalue weighted by Gasteiger charge is -2.12. The fraction of sp³-hybridized carbons (Fsp3) is 0.176. The Bertz CT molecular complexity index is 849. The number of nitrogens with one attached hydrogen (secondary N) is 1. The van der Waals surface area contributed by atoms with E-state index in [4.69, 9.17) is 4.42 Å². The molecule has 1 heterocycles. The number of anilines is 1. The van der Waals surface area contributed by atoms with Crippen LogP contribution in [0.5, 0.6) is 0 Å². The average Bonchev–Trinajstić information content (AvgIpc) is 2.88. The summed E-state index contributed by atoms with van der Waals surface area (Å²) >= 11 is 0. The van der Waals surface area contributed by atoms with Crippen LogP contribution in [0.2, 0.25) is 0 Å². The third-order valence-corrected chi connectivity index (χ3v) is 3.51. The Labute approximate surface area is 127 Å². The molecule has 0 amide bonds. The number of oxazole rings is 1. The normalized spacial score (nSPS) is 12.2. The molecule has 0 saturated carbocycles. The molecule has 1 unspecified atom stereocenters. The van der Waals surface area contributed by atoms with Crippen molar-refractivity contribution < 1.29 is 9.21 Å². The van der Waals surface area contributed by atoms with Gasteiger partial charge in [0.15, 0.2) is 5.58 Å². The van der Waals surface area contributed by atoms with E-state index in [1.807, 2.05) is 30.3 Å². The van der Waals surface area contributed by atoms with Gasteiger partial charge in [-0.25, -0.2) is 9.36 Å². The molecule has 0 saturated heterocycles. The quantitative estimate of drug-likeness (QED) is 0.804. The van der Waals surface area contributed by atoms with E-state index in [-0.39, 0.29) is 11.8 Å². The molecule has 0 aliphatic rings. The lowest BCUT2D eigenvalue weighted by Crippen LogP contribution is -2.31. The lowest BCUT2D eigenvalue weighted by molar-refractivity contribution is 0.0848. The van der Waals surface area contributed by atoms with Gasteiger partial charge in [0, 0.05) is 12.2 Å². The van der Waals surface area contributed by atoms with Gasteiger partial charge in [-0.05, 0) is 24.3 Å². The second-order valence-electron chi connectivity index (χ2n) is 5.16. The molecule has 2 aromatic carbocycles. The molecule has 0 bridgehead atoms. The molecule has 22 heavy (non-hydrogen) atoms. The number of fused-ring (bicyclic) bond motifs is 1. The first-order valence-corrected chi connectivity index (χ1v) is 7.10. The zero-order valence-electron chi connectivity index (χ0n) is 12.2. The molecular weight excluding hydrogens is 280 g/mol. The summed E-state index contributed by atoms with van der Waals surface area (Å²) in [6.45, 7) is 2.22. The largest absolute Gasteiger partial charge is 0.426 e. The maximum atomic E-state index is 12.5. The van der Waals surface area contributed by atoms with Gasteiger partial charge < -0.3 is 9.73 Å². The Morgan fingerprint density at radius 3 is 2.59 bits per heavy atom. The number of hydrogen-bond acceptors (Lipinski definition) is 4. The van der Waals surface area contributed by atoms with E-state index in [2.05, 4.69) is 5.32 Å². The predicted molar refractivity (Wildman–Crippen MR) is 85.2 cm³/mol. The highest BCUT2D eigenvalue weighted by Gasteiger charge is 2.21. The van der Waals surface area contributed by atoms with Crippen LogP contribution >= 0.6 is 0 Å². The van der Waals surface area contributed by atoms with Crippen molar-refractivity contribution in [1.29, 1.82) is 0 Å². The van der Waals surface area contributed by atoms with Crippen LogP contribution in [-0.2, 0) is 0 Å². The number of hydrogen-bond donors (Lipinski definition) is 1. The lowest BCUT2D eigenvalue weighted by atomic mass is 10.1. The molecule has 1 N–H and O–H groups in total. The molecule has 0 aliphatic carbocycles. The summed E-state index contributed by atoms with van der Waals surface area (Å²) < 4.78 is 6.20. The molecule has 1 aromatic heterocycles. The Morgan fingerprint density at radius 2 is 1.82 bits per heavy atom. The molecule has 0 spiro atoms. The van der Waals surface area contributed by atoms with Crippen LogP contribution in [0, 0.1) is 5.92 Å². The van der Waals surface area contributed by atoms with Crippen LogP contribution < -0.4 is 11.1 Å². The highest BCUT2D eigenvalue weighted by atomic mass is 16.4. The van der Waals surface area contributed by atoms with Crippen molar-refractivity contribution in [1.82, 2.24) is 4.57 Å². The number of carbonyl (C=O) groups is 1. The van der Waals surface area contributed by atoms with Crippen LogP contribution in [0.3, 0.4) is 0 Å². The van der Waals surface area contributed by atoms with Crippen molar-refractivity contribution in [2.45, 2.75) is 6.92 Å². The van der Waals surface area contributed by atoms with Gasteiger partial charge in [-0.15, -0.1) is 0 Å². The van der Waals surface area contributed by atoms with Crippen molar-refractivity contribution in [2.75, 3.05) is 11.9 Å². The number of rotatable bonds is 4. The smallest absolute Gasteiger partial charge is 0.407 e. The first-order chi connectivity index (χ1) is 10.7. The zero-order valence-corrected chi connectivity index (χ0v) is 12.2. The van der Waals surface area contributed by atoms with Gasteiger partial charge in [0.25, 0.3) is 0 Å². The Hall–Kier alpha value is -2.82.